The number of anilines is 1. The Morgan fingerprint density at radius 3 is 2.75 bits per heavy atom. The quantitative estimate of drug-likeness (QED) is 0.881. The highest BCUT2D eigenvalue weighted by molar-refractivity contribution is 5.98. The van der Waals surface area contributed by atoms with Crippen molar-refractivity contribution in [1.29, 1.82) is 0 Å². The third kappa shape index (κ3) is 2.73. The highest BCUT2D eigenvalue weighted by atomic mass is 19.4. The molecule has 0 saturated carbocycles. The molecule has 0 aliphatic carbocycles. The number of ether oxygens (including phenoxy) is 1. The van der Waals surface area contributed by atoms with E-state index in [9.17, 15) is 23.1 Å². The van der Waals surface area contributed by atoms with Crippen LogP contribution in [0.2, 0.25) is 0 Å². The van der Waals surface area contributed by atoms with Gasteiger partial charge >= 0.3 is 6.18 Å². The summed E-state index contributed by atoms with van der Waals surface area (Å²) in [6.07, 6.45) is -3.27. The van der Waals surface area contributed by atoms with Crippen molar-refractivity contribution >= 4 is 11.6 Å². The molecule has 1 amide bonds. The van der Waals surface area contributed by atoms with Crippen LogP contribution >= 0.6 is 0 Å². The number of carbonyl (C=O) groups is 1. The molecule has 1 aromatic carbocycles. The van der Waals surface area contributed by atoms with Gasteiger partial charge < -0.3 is 19.6 Å². The van der Waals surface area contributed by atoms with Gasteiger partial charge in [-0.05, 0) is 25.1 Å². The van der Waals surface area contributed by atoms with Crippen molar-refractivity contribution in [2.24, 2.45) is 0 Å². The number of rotatable bonds is 2. The highest BCUT2D eigenvalue weighted by Gasteiger charge is 2.55. The normalized spacial score (nSPS) is 16.2. The lowest BCUT2D eigenvalue weighted by atomic mass is 10.0. The zero-order valence-electron chi connectivity index (χ0n) is 12.6. The largest absolute Gasteiger partial charge is 0.485 e. The summed E-state index contributed by atoms with van der Waals surface area (Å²) in [7, 11) is 0. The molecule has 0 saturated heterocycles. The number of nitrogens with one attached hydrogen (secondary N) is 1. The first-order chi connectivity index (χ1) is 11.2. The van der Waals surface area contributed by atoms with Gasteiger partial charge in [0.2, 0.25) is 5.60 Å². The van der Waals surface area contributed by atoms with Gasteiger partial charge in [0.1, 0.15) is 18.1 Å². The van der Waals surface area contributed by atoms with E-state index in [1.54, 1.807) is 18.2 Å². The van der Waals surface area contributed by atoms with Gasteiger partial charge in [0, 0.05) is 23.2 Å². The molecule has 2 heterocycles. The average Bonchev–Trinajstić information content (AvgIpc) is 2.86. The summed E-state index contributed by atoms with van der Waals surface area (Å²) in [4.78, 5) is 11.9. The third-order valence-electron chi connectivity index (χ3n) is 3.94. The second-order valence-corrected chi connectivity index (χ2v) is 5.64. The van der Waals surface area contributed by atoms with Crippen molar-refractivity contribution < 1.29 is 32.2 Å². The minimum Gasteiger partial charge on any atom is -0.485 e. The Kier molecular flexibility index (Phi) is 3.79. The Labute approximate surface area is 135 Å². The molecule has 2 aromatic rings. The van der Waals surface area contributed by atoms with Gasteiger partial charge in [0.05, 0.1) is 6.26 Å². The number of halogens is 3. The average molecular weight is 341 g/mol. The smallest absolute Gasteiger partial charge is 0.426 e. The lowest BCUT2D eigenvalue weighted by molar-refractivity contribution is -0.242. The Balaban J connectivity index is 1.93. The van der Waals surface area contributed by atoms with E-state index in [0.29, 0.717) is 30.4 Å². The SMILES string of the molecule is C[C@](O)(C(=O)Nc1cccc2c1Cc1ccoc1CO2)C(F)(F)F. The molecule has 1 aliphatic rings. The standard InChI is InChI=1S/C16H14F3NO4/c1-15(22,16(17,18)19)14(21)20-11-3-2-4-12-10(11)7-9-5-6-23-13(9)8-24-12/h2-6,22H,7-8H2,1H3,(H,20,21)/t15-/m0/s1. The van der Waals surface area contributed by atoms with Crippen molar-refractivity contribution in [2.75, 3.05) is 5.32 Å². The molecule has 0 bridgehead atoms. The third-order valence-corrected chi connectivity index (χ3v) is 3.94. The maximum atomic E-state index is 12.8. The second-order valence-electron chi connectivity index (χ2n) is 5.64. The van der Waals surface area contributed by atoms with E-state index < -0.39 is 17.7 Å². The second kappa shape index (κ2) is 5.55. The van der Waals surface area contributed by atoms with Crippen LogP contribution in [0.4, 0.5) is 18.9 Å². The summed E-state index contributed by atoms with van der Waals surface area (Å²) in [5.74, 6) is -0.503. The van der Waals surface area contributed by atoms with Crippen LogP contribution in [0.3, 0.4) is 0 Å². The van der Waals surface area contributed by atoms with Gasteiger partial charge in [-0.3, -0.25) is 4.79 Å². The Hall–Kier alpha value is -2.48. The van der Waals surface area contributed by atoms with E-state index in [1.807, 2.05) is 0 Å². The Morgan fingerprint density at radius 1 is 1.29 bits per heavy atom. The van der Waals surface area contributed by atoms with Crippen LogP contribution in [0, 0.1) is 0 Å². The lowest BCUT2D eigenvalue weighted by Gasteiger charge is -2.25. The van der Waals surface area contributed by atoms with Crippen LogP contribution in [0.15, 0.2) is 34.9 Å². The summed E-state index contributed by atoms with van der Waals surface area (Å²) in [6, 6.07) is 6.39. The number of benzene rings is 1. The predicted molar refractivity (Wildman–Crippen MR) is 77.6 cm³/mol. The Bertz CT molecular complexity index is 780. The van der Waals surface area contributed by atoms with Crippen molar-refractivity contribution in [2.45, 2.75) is 31.7 Å². The van der Waals surface area contributed by atoms with E-state index in [2.05, 4.69) is 5.32 Å². The number of hydrogen-bond acceptors (Lipinski definition) is 4. The number of furan rings is 1. The van der Waals surface area contributed by atoms with Gasteiger partial charge in [-0.1, -0.05) is 6.07 Å². The highest BCUT2D eigenvalue weighted by Crippen LogP contribution is 2.36. The minimum atomic E-state index is -5.09. The molecular weight excluding hydrogens is 327 g/mol. The van der Waals surface area contributed by atoms with Crippen molar-refractivity contribution in [3.63, 3.8) is 0 Å². The van der Waals surface area contributed by atoms with E-state index in [0.717, 1.165) is 5.56 Å². The number of amides is 1. The number of alkyl halides is 3. The van der Waals surface area contributed by atoms with Gasteiger partial charge in [-0.15, -0.1) is 0 Å². The first-order valence-electron chi connectivity index (χ1n) is 7.10. The first kappa shape index (κ1) is 16.4. The molecular formula is C16H14F3NO4. The van der Waals surface area contributed by atoms with Crippen LogP contribution in [-0.4, -0.2) is 22.8 Å². The van der Waals surface area contributed by atoms with Gasteiger partial charge in [-0.2, -0.15) is 13.2 Å². The Morgan fingerprint density at radius 2 is 2.04 bits per heavy atom. The summed E-state index contributed by atoms with van der Waals surface area (Å²) in [5, 5.41) is 11.6. The van der Waals surface area contributed by atoms with Crippen LogP contribution < -0.4 is 10.1 Å². The fraction of sp³-hybridized carbons (Fsp3) is 0.312. The number of hydrogen-bond donors (Lipinski definition) is 2. The fourth-order valence-electron chi connectivity index (χ4n) is 2.36. The molecule has 1 aliphatic heterocycles. The van der Waals surface area contributed by atoms with E-state index >= 15 is 0 Å². The van der Waals surface area contributed by atoms with E-state index in [-0.39, 0.29) is 12.3 Å². The first-order valence-corrected chi connectivity index (χ1v) is 7.10. The minimum absolute atomic E-state index is 0.149. The molecule has 128 valence electrons. The van der Waals surface area contributed by atoms with Gasteiger partial charge in [-0.25, -0.2) is 0 Å². The number of fused-ring (bicyclic) bond motifs is 2. The summed E-state index contributed by atoms with van der Waals surface area (Å²) >= 11 is 0. The van der Waals surface area contributed by atoms with Crippen LogP contribution in [-0.2, 0) is 17.8 Å². The fourth-order valence-corrected chi connectivity index (χ4v) is 2.36. The number of carbonyl (C=O) groups excluding carboxylic acids is 1. The monoisotopic (exact) mass is 341 g/mol. The molecule has 8 heteroatoms. The molecule has 1 aromatic heterocycles. The summed E-state index contributed by atoms with van der Waals surface area (Å²) < 4.78 is 49.3. The molecule has 0 unspecified atom stereocenters. The molecule has 24 heavy (non-hydrogen) atoms. The van der Waals surface area contributed by atoms with Crippen LogP contribution in [0.25, 0.3) is 0 Å². The van der Waals surface area contributed by atoms with Crippen LogP contribution in [0.1, 0.15) is 23.8 Å². The molecule has 5 nitrogen and oxygen atoms in total. The summed E-state index contributed by atoms with van der Waals surface area (Å²) in [5.41, 5.74) is -2.01. The molecule has 0 spiro atoms. The predicted octanol–water partition coefficient (Wildman–Crippen LogP) is 3.01. The summed E-state index contributed by atoms with van der Waals surface area (Å²) in [6.45, 7) is 0.599. The maximum Gasteiger partial charge on any atom is 0.426 e. The van der Waals surface area contributed by atoms with Gasteiger partial charge in [0.25, 0.3) is 5.91 Å². The van der Waals surface area contributed by atoms with Crippen LogP contribution in [0.5, 0.6) is 5.75 Å². The molecule has 2 N–H and O–H groups in total. The zero-order chi connectivity index (χ0) is 17.5. The lowest BCUT2D eigenvalue weighted by Crippen LogP contribution is -2.52. The van der Waals surface area contributed by atoms with Gasteiger partial charge in [0.15, 0.2) is 0 Å². The van der Waals surface area contributed by atoms with E-state index in [1.165, 1.54) is 12.3 Å². The van der Waals surface area contributed by atoms with Crippen molar-refractivity contribution in [1.82, 2.24) is 0 Å². The molecule has 0 fully saturated rings. The van der Waals surface area contributed by atoms with Crippen molar-refractivity contribution in [3.05, 3.63) is 47.4 Å². The van der Waals surface area contributed by atoms with E-state index in [4.69, 9.17) is 9.15 Å². The number of aliphatic hydroxyl groups is 1. The van der Waals surface area contributed by atoms with Crippen molar-refractivity contribution in [3.8, 4) is 5.75 Å². The molecule has 0 radical (unpaired) electrons. The zero-order valence-corrected chi connectivity index (χ0v) is 12.6. The topological polar surface area (TPSA) is 71.7 Å². The molecule has 3 rings (SSSR count). The maximum absolute atomic E-state index is 12.8. The molecule has 1 atom stereocenters.